The highest BCUT2D eigenvalue weighted by Crippen LogP contribution is 2.26. The van der Waals surface area contributed by atoms with E-state index in [2.05, 4.69) is 12.2 Å². The Labute approximate surface area is 110 Å². The fourth-order valence-electron chi connectivity index (χ4n) is 2.75. The van der Waals surface area contributed by atoms with Gasteiger partial charge in [-0.1, -0.05) is 6.92 Å². The Bertz CT molecular complexity index is 305. The SMILES string of the molecule is CC1CCC(NC2CN(C(=O)OC(C)(C)C)C2)C1. The second kappa shape index (κ2) is 5.08. The molecule has 0 radical (unpaired) electrons. The third kappa shape index (κ3) is 3.61. The Morgan fingerprint density at radius 2 is 1.89 bits per heavy atom. The summed E-state index contributed by atoms with van der Waals surface area (Å²) in [6.45, 7) is 9.61. The first-order valence-electron chi connectivity index (χ1n) is 7.07. The van der Waals surface area contributed by atoms with Crippen molar-refractivity contribution in [3.8, 4) is 0 Å². The maximum Gasteiger partial charge on any atom is 0.410 e. The number of likely N-dealkylation sites (tertiary alicyclic amines) is 1. The molecule has 104 valence electrons. The molecule has 4 heteroatoms. The zero-order valence-corrected chi connectivity index (χ0v) is 12.0. The van der Waals surface area contributed by atoms with Gasteiger partial charge < -0.3 is 15.0 Å². The molecule has 0 bridgehead atoms. The molecular formula is C14H26N2O2. The number of amides is 1. The lowest BCUT2D eigenvalue weighted by Gasteiger charge is -2.41. The van der Waals surface area contributed by atoms with Crippen molar-refractivity contribution in [2.24, 2.45) is 5.92 Å². The Hall–Kier alpha value is -0.770. The van der Waals surface area contributed by atoms with Crippen LogP contribution in [0.15, 0.2) is 0 Å². The lowest BCUT2D eigenvalue weighted by atomic mass is 10.1. The molecule has 0 spiro atoms. The number of nitrogens with zero attached hydrogens (tertiary/aromatic N) is 1. The van der Waals surface area contributed by atoms with Gasteiger partial charge in [0.1, 0.15) is 5.60 Å². The highest BCUT2D eigenvalue weighted by atomic mass is 16.6. The lowest BCUT2D eigenvalue weighted by molar-refractivity contribution is 0.00419. The molecule has 4 nitrogen and oxygen atoms in total. The molecule has 1 amide bonds. The highest BCUT2D eigenvalue weighted by Gasteiger charge is 2.35. The molecule has 18 heavy (non-hydrogen) atoms. The fraction of sp³-hybridized carbons (Fsp3) is 0.929. The van der Waals surface area contributed by atoms with Crippen LogP contribution in [-0.4, -0.2) is 41.8 Å². The highest BCUT2D eigenvalue weighted by molar-refractivity contribution is 5.69. The van der Waals surface area contributed by atoms with Crippen molar-refractivity contribution in [1.82, 2.24) is 10.2 Å². The average Bonchev–Trinajstić information content (AvgIpc) is 2.53. The predicted molar refractivity (Wildman–Crippen MR) is 71.5 cm³/mol. The molecular weight excluding hydrogens is 228 g/mol. The van der Waals surface area contributed by atoms with Gasteiger partial charge in [0, 0.05) is 25.2 Å². The number of rotatable bonds is 2. The van der Waals surface area contributed by atoms with Crippen molar-refractivity contribution < 1.29 is 9.53 Å². The van der Waals surface area contributed by atoms with Crippen LogP contribution in [0.1, 0.15) is 47.0 Å². The quantitative estimate of drug-likeness (QED) is 0.822. The van der Waals surface area contributed by atoms with Gasteiger partial charge in [0.2, 0.25) is 0 Å². The fourth-order valence-corrected chi connectivity index (χ4v) is 2.75. The van der Waals surface area contributed by atoms with Crippen molar-refractivity contribution in [3.05, 3.63) is 0 Å². The van der Waals surface area contributed by atoms with E-state index in [1.807, 2.05) is 20.8 Å². The van der Waals surface area contributed by atoms with Gasteiger partial charge in [0.05, 0.1) is 0 Å². The standard InChI is InChI=1S/C14H26N2O2/c1-10-5-6-11(7-10)15-12-8-16(9-12)13(17)18-14(2,3)4/h10-12,15H,5-9H2,1-4H3. The maximum absolute atomic E-state index is 11.8. The first-order chi connectivity index (χ1) is 8.33. The molecule has 1 saturated heterocycles. The van der Waals surface area contributed by atoms with Crippen LogP contribution in [0, 0.1) is 5.92 Å². The molecule has 2 rings (SSSR count). The normalized spacial score (nSPS) is 29.2. The van der Waals surface area contributed by atoms with Gasteiger partial charge in [-0.3, -0.25) is 0 Å². The number of carbonyl (C=O) groups is 1. The van der Waals surface area contributed by atoms with Gasteiger partial charge in [-0.25, -0.2) is 4.79 Å². The lowest BCUT2D eigenvalue weighted by Crippen LogP contribution is -2.62. The van der Waals surface area contributed by atoms with Gasteiger partial charge in [-0.2, -0.15) is 0 Å². The number of carbonyl (C=O) groups excluding carboxylic acids is 1. The summed E-state index contributed by atoms with van der Waals surface area (Å²) in [5, 5.41) is 3.64. The minimum atomic E-state index is -0.392. The first-order valence-corrected chi connectivity index (χ1v) is 7.07. The Morgan fingerprint density at radius 1 is 1.22 bits per heavy atom. The summed E-state index contributed by atoms with van der Waals surface area (Å²) in [7, 11) is 0. The minimum Gasteiger partial charge on any atom is -0.444 e. The summed E-state index contributed by atoms with van der Waals surface area (Å²) in [6.07, 6.45) is 3.72. The monoisotopic (exact) mass is 254 g/mol. The zero-order chi connectivity index (χ0) is 13.3. The van der Waals surface area contributed by atoms with Crippen LogP contribution in [0.3, 0.4) is 0 Å². The van der Waals surface area contributed by atoms with E-state index in [-0.39, 0.29) is 6.09 Å². The summed E-state index contributed by atoms with van der Waals surface area (Å²) in [5.41, 5.74) is -0.392. The Balaban J connectivity index is 1.66. The molecule has 1 heterocycles. The van der Waals surface area contributed by atoms with E-state index >= 15 is 0 Å². The van der Waals surface area contributed by atoms with Gasteiger partial charge in [-0.05, 0) is 46.0 Å². The second-order valence-corrected chi connectivity index (χ2v) is 6.86. The van der Waals surface area contributed by atoms with Crippen LogP contribution in [0.25, 0.3) is 0 Å². The smallest absolute Gasteiger partial charge is 0.410 e. The van der Waals surface area contributed by atoms with Crippen LogP contribution in [-0.2, 0) is 4.74 Å². The van der Waals surface area contributed by atoms with Crippen molar-refractivity contribution in [2.45, 2.75) is 64.6 Å². The van der Waals surface area contributed by atoms with Crippen molar-refractivity contribution in [2.75, 3.05) is 13.1 Å². The molecule has 0 aromatic heterocycles. The van der Waals surface area contributed by atoms with E-state index in [0.29, 0.717) is 12.1 Å². The largest absolute Gasteiger partial charge is 0.444 e. The van der Waals surface area contributed by atoms with Crippen LogP contribution in [0.2, 0.25) is 0 Å². The van der Waals surface area contributed by atoms with E-state index in [9.17, 15) is 4.79 Å². The maximum atomic E-state index is 11.8. The van der Waals surface area contributed by atoms with Crippen molar-refractivity contribution >= 4 is 6.09 Å². The molecule has 1 saturated carbocycles. The zero-order valence-electron chi connectivity index (χ0n) is 12.0. The van der Waals surface area contributed by atoms with Crippen LogP contribution in [0.5, 0.6) is 0 Å². The second-order valence-electron chi connectivity index (χ2n) is 6.86. The minimum absolute atomic E-state index is 0.180. The third-order valence-electron chi connectivity index (χ3n) is 3.70. The summed E-state index contributed by atoms with van der Waals surface area (Å²) < 4.78 is 5.34. The number of hydrogen-bond acceptors (Lipinski definition) is 3. The Kier molecular flexibility index (Phi) is 3.85. The average molecular weight is 254 g/mol. The summed E-state index contributed by atoms with van der Waals surface area (Å²) in [5.74, 6) is 0.851. The number of nitrogens with one attached hydrogen (secondary N) is 1. The van der Waals surface area contributed by atoms with Gasteiger partial charge in [0.15, 0.2) is 0 Å². The van der Waals surface area contributed by atoms with Gasteiger partial charge >= 0.3 is 6.09 Å². The Morgan fingerprint density at radius 3 is 2.39 bits per heavy atom. The van der Waals surface area contributed by atoms with Gasteiger partial charge in [-0.15, -0.1) is 0 Å². The van der Waals surface area contributed by atoms with Crippen LogP contribution in [0.4, 0.5) is 4.79 Å². The summed E-state index contributed by atoms with van der Waals surface area (Å²) >= 11 is 0. The molecule has 1 N–H and O–H groups in total. The molecule has 0 aromatic carbocycles. The summed E-state index contributed by atoms with van der Waals surface area (Å²) in [6, 6.07) is 1.12. The summed E-state index contributed by atoms with van der Waals surface area (Å²) in [4.78, 5) is 13.5. The predicted octanol–water partition coefficient (Wildman–Crippen LogP) is 2.38. The van der Waals surface area contributed by atoms with Crippen LogP contribution < -0.4 is 5.32 Å². The van der Waals surface area contributed by atoms with E-state index < -0.39 is 5.60 Å². The first kappa shape index (κ1) is 13.7. The number of hydrogen-bond donors (Lipinski definition) is 1. The molecule has 2 unspecified atom stereocenters. The van der Waals surface area contributed by atoms with Gasteiger partial charge in [0.25, 0.3) is 0 Å². The third-order valence-corrected chi connectivity index (χ3v) is 3.70. The molecule has 1 aliphatic carbocycles. The van der Waals surface area contributed by atoms with Crippen molar-refractivity contribution in [3.63, 3.8) is 0 Å². The molecule has 1 aliphatic heterocycles. The molecule has 0 aromatic rings. The number of ether oxygens (including phenoxy) is 1. The van der Waals surface area contributed by atoms with E-state index in [1.54, 1.807) is 4.90 Å². The molecule has 2 atom stereocenters. The van der Waals surface area contributed by atoms with E-state index in [1.165, 1.54) is 19.3 Å². The van der Waals surface area contributed by atoms with Crippen LogP contribution >= 0.6 is 0 Å². The van der Waals surface area contributed by atoms with E-state index in [0.717, 1.165) is 19.0 Å². The topological polar surface area (TPSA) is 41.6 Å². The molecule has 2 aliphatic rings. The molecule has 2 fully saturated rings. The van der Waals surface area contributed by atoms with E-state index in [4.69, 9.17) is 4.74 Å². The van der Waals surface area contributed by atoms with Crippen molar-refractivity contribution in [1.29, 1.82) is 0 Å².